The molecule has 3 atom stereocenters. The highest BCUT2D eigenvalue weighted by Crippen LogP contribution is 2.16. The molecule has 114 valence electrons. The average Bonchev–Trinajstić information content (AvgIpc) is 2.82. The Morgan fingerprint density at radius 2 is 2.00 bits per heavy atom. The first-order valence-corrected chi connectivity index (χ1v) is 7.21. The number of carbonyl (C=O) groups is 1. The molecule has 2 aliphatic heterocycles. The molecule has 3 N–H and O–H groups in total. The second kappa shape index (κ2) is 6.53. The van der Waals surface area contributed by atoms with Crippen LogP contribution >= 0.6 is 0 Å². The summed E-state index contributed by atoms with van der Waals surface area (Å²) in [6.07, 6.45) is -1.00. The maximum atomic E-state index is 11.9. The summed E-state index contributed by atoms with van der Waals surface area (Å²) in [5.41, 5.74) is 0.603. The minimum atomic E-state index is -0.623. The van der Waals surface area contributed by atoms with E-state index in [1.54, 1.807) is 12.1 Å². The lowest BCUT2D eigenvalue weighted by Crippen LogP contribution is -2.54. The van der Waals surface area contributed by atoms with Crippen molar-refractivity contribution in [2.24, 2.45) is 0 Å². The molecule has 2 fully saturated rings. The molecule has 2 aliphatic rings. The van der Waals surface area contributed by atoms with Crippen LogP contribution in [0.4, 0.5) is 0 Å². The van der Waals surface area contributed by atoms with Crippen molar-refractivity contribution in [1.29, 1.82) is 0 Å². The van der Waals surface area contributed by atoms with Gasteiger partial charge in [-0.3, -0.25) is 4.79 Å². The number of nitrogens with one attached hydrogen (secondary N) is 2. The van der Waals surface area contributed by atoms with Crippen molar-refractivity contribution in [3.8, 4) is 0 Å². The first-order chi connectivity index (χ1) is 10.2. The van der Waals surface area contributed by atoms with Gasteiger partial charge in [0.15, 0.2) is 0 Å². The van der Waals surface area contributed by atoms with E-state index >= 15 is 0 Å². The number of rotatable bonds is 5. The summed E-state index contributed by atoms with van der Waals surface area (Å²) in [6.45, 7) is 2.11. The molecule has 21 heavy (non-hydrogen) atoms. The molecule has 0 bridgehead atoms. The predicted molar refractivity (Wildman–Crippen MR) is 76.1 cm³/mol. The van der Waals surface area contributed by atoms with Gasteiger partial charge in [0.1, 0.15) is 6.10 Å². The number of aliphatic hydroxyl groups is 1. The standard InChI is InChI=1S/C15H20N2O4/c18-14-12(17-11-7-20-8-11)9-21-13(14)6-16-15(19)10-4-2-1-3-5-10/h1-5,11-14,17-18H,6-9H2,(H,16,19)/t12-,13-,14+/m1/s1. The number of amides is 1. The number of carbonyl (C=O) groups excluding carboxylic acids is 1. The molecule has 2 saturated heterocycles. The normalized spacial score (nSPS) is 29.1. The van der Waals surface area contributed by atoms with Crippen LogP contribution in [0.3, 0.4) is 0 Å². The van der Waals surface area contributed by atoms with Crippen molar-refractivity contribution in [3.05, 3.63) is 35.9 Å². The van der Waals surface area contributed by atoms with Crippen LogP contribution in [-0.2, 0) is 9.47 Å². The lowest BCUT2D eigenvalue weighted by atomic mass is 10.1. The Kier molecular flexibility index (Phi) is 4.50. The van der Waals surface area contributed by atoms with Crippen LogP contribution in [0.15, 0.2) is 30.3 Å². The zero-order valence-electron chi connectivity index (χ0n) is 11.7. The van der Waals surface area contributed by atoms with Crippen LogP contribution < -0.4 is 10.6 Å². The fourth-order valence-corrected chi connectivity index (χ4v) is 2.53. The van der Waals surface area contributed by atoms with Crippen LogP contribution in [-0.4, -0.2) is 61.7 Å². The predicted octanol–water partition coefficient (Wildman–Crippen LogP) is -0.467. The van der Waals surface area contributed by atoms with Gasteiger partial charge in [0.05, 0.1) is 38.0 Å². The van der Waals surface area contributed by atoms with Gasteiger partial charge in [0, 0.05) is 12.1 Å². The van der Waals surface area contributed by atoms with Crippen LogP contribution in [0.2, 0.25) is 0 Å². The Morgan fingerprint density at radius 1 is 1.24 bits per heavy atom. The van der Waals surface area contributed by atoms with Crippen molar-refractivity contribution in [1.82, 2.24) is 10.6 Å². The average molecular weight is 292 g/mol. The lowest BCUT2D eigenvalue weighted by molar-refractivity contribution is -0.0165. The highest BCUT2D eigenvalue weighted by Gasteiger charge is 2.38. The Bertz CT molecular complexity index is 478. The van der Waals surface area contributed by atoms with Gasteiger partial charge in [-0.15, -0.1) is 0 Å². The van der Waals surface area contributed by atoms with Crippen LogP contribution in [0, 0.1) is 0 Å². The van der Waals surface area contributed by atoms with E-state index in [1.165, 1.54) is 0 Å². The van der Waals surface area contributed by atoms with Gasteiger partial charge >= 0.3 is 0 Å². The van der Waals surface area contributed by atoms with Crippen molar-refractivity contribution >= 4 is 5.91 Å². The highest BCUT2D eigenvalue weighted by molar-refractivity contribution is 5.94. The molecule has 3 rings (SSSR count). The zero-order chi connectivity index (χ0) is 14.7. The van der Waals surface area contributed by atoms with Gasteiger partial charge in [-0.1, -0.05) is 18.2 Å². The van der Waals surface area contributed by atoms with E-state index in [1.807, 2.05) is 18.2 Å². The second-order valence-corrected chi connectivity index (χ2v) is 5.45. The van der Waals surface area contributed by atoms with Gasteiger partial charge in [-0.2, -0.15) is 0 Å². The summed E-state index contributed by atoms with van der Waals surface area (Å²) in [5.74, 6) is -0.157. The number of ether oxygens (including phenoxy) is 2. The molecule has 2 heterocycles. The summed E-state index contributed by atoms with van der Waals surface area (Å²) < 4.78 is 10.7. The van der Waals surface area contributed by atoms with Crippen molar-refractivity contribution in [2.75, 3.05) is 26.4 Å². The number of hydrogen-bond acceptors (Lipinski definition) is 5. The molecule has 1 aromatic rings. The first kappa shape index (κ1) is 14.5. The van der Waals surface area contributed by atoms with E-state index in [4.69, 9.17) is 9.47 Å². The maximum Gasteiger partial charge on any atom is 0.251 e. The third-order valence-electron chi connectivity index (χ3n) is 3.87. The van der Waals surface area contributed by atoms with Gasteiger partial charge in [0.25, 0.3) is 5.91 Å². The minimum absolute atomic E-state index is 0.0995. The number of aliphatic hydroxyl groups excluding tert-OH is 1. The van der Waals surface area contributed by atoms with Crippen LogP contribution in [0.25, 0.3) is 0 Å². The summed E-state index contributed by atoms with van der Waals surface area (Å²) in [6, 6.07) is 9.20. The van der Waals surface area contributed by atoms with Crippen LogP contribution in [0.5, 0.6) is 0 Å². The topological polar surface area (TPSA) is 79.8 Å². The van der Waals surface area contributed by atoms with Gasteiger partial charge in [-0.05, 0) is 12.1 Å². The number of hydrogen-bond donors (Lipinski definition) is 3. The zero-order valence-corrected chi connectivity index (χ0v) is 11.7. The molecule has 0 spiro atoms. The fourth-order valence-electron chi connectivity index (χ4n) is 2.53. The molecule has 0 aliphatic carbocycles. The largest absolute Gasteiger partial charge is 0.389 e. The molecule has 6 nitrogen and oxygen atoms in total. The lowest BCUT2D eigenvalue weighted by Gasteiger charge is -2.30. The van der Waals surface area contributed by atoms with Crippen molar-refractivity contribution in [3.63, 3.8) is 0 Å². The first-order valence-electron chi connectivity index (χ1n) is 7.21. The van der Waals surface area contributed by atoms with E-state index < -0.39 is 6.10 Å². The summed E-state index contributed by atoms with van der Waals surface area (Å²) in [5, 5.41) is 16.3. The molecule has 0 unspecified atom stereocenters. The third-order valence-corrected chi connectivity index (χ3v) is 3.87. The van der Waals surface area contributed by atoms with Crippen LogP contribution in [0.1, 0.15) is 10.4 Å². The molecule has 1 aromatic carbocycles. The van der Waals surface area contributed by atoms with Gasteiger partial charge < -0.3 is 25.2 Å². The van der Waals surface area contributed by atoms with Gasteiger partial charge in [0.2, 0.25) is 0 Å². The SMILES string of the molecule is O=C(NC[C@H]1OC[C@@H](NC2COC2)[C@@H]1O)c1ccccc1. The monoisotopic (exact) mass is 292 g/mol. The van der Waals surface area contributed by atoms with Gasteiger partial charge in [-0.25, -0.2) is 0 Å². The Labute approximate surface area is 123 Å². The minimum Gasteiger partial charge on any atom is -0.389 e. The van der Waals surface area contributed by atoms with E-state index in [0.29, 0.717) is 38.0 Å². The Balaban J connectivity index is 1.46. The summed E-state index contributed by atoms with van der Waals surface area (Å²) in [4.78, 5) is 11.9. The van der Waals surface area contributed by atoms with E-state index in [0.717, 1.165) is 0 Å². The molecular formula is C15H20N2O4. The molecule has 0 aromatic heterocycles. The second-order valence-electron chi connectivity index (χ2n) is 5.45. The summed E-state index contributed by atoms with van der Waals surface area (Å²) in [7, 11) is 0. The Hall–Kier alpha value is -1.47. The van der Waals surface area contributed by atoms with E-state index in [9.17, 15) is 9.90 Å². The molecule has 6 heteroatoms. The summed E-state index contributed by atoms with van der Waals surface area (Å²) >= 11 is 0. The fraction of sp³-hybridized carbons (Fsp3) is 0.533. The van der Waals surface area contributed by atoms with E-state index in [-0.39, 0.29) is 18.1 Å². The maximum absolute atomic E-state index is 11.9. The smallest absolute Gasteiger partial charge is 0.251 e. The van der Waals surface area contributed by atoms with E-state index in [2.05, 4.69) is 10.6 Å². The van der Waals surface area contributed by atoms with Crippen molar-refractivity contribution in [2.45, 2.75) is 24.3 Å². The molecule has 1 amide bonds. The third kappa shape index (κ3) is 3.41. The Morgan fingerprint density at radius 3 is 2.67 bits per heavy atom. The molecular weight excluding hydrogens is 272 g/mol. The molecule has 0 saturated carbocycles. The molecule has 0 radical (unpaired) electrons. The van der Waals surface area contributed by atoms with Crippen molar-refractivity contribution < 1.29 is 19.4 Å². The highest BCUT2D eigenvalue weighted by atomic mass is 16.5. The number of benzene rings is 1. The quantitative estimate of drug-likeness (QED) is 0.684.